The van der Waals surface area contributed by atoms with Crippen LogP contribution in [0.25, 0.3) is 0 Å². The molecule has 0 saturated carbocycles. The molecule has 2 atom stereocenters. The zero-order valence-electron chi connectivity index (χ0n) is 10.5. The van der Waals surface area contributed by atoms with E-state index in [1.807, 2.05) is 0 Å². The summed E-state index contributed by atoms with van der Waals surface area (Å²) in [6.07, 6.45) is 2.47. The number of hydrogen-bond acceptors (Lipinski definition) is 5. The lowest BCUT2D eigenvalue weighted by atomic mass is 10.1. The van der Waals surface area contributed by atoms with E-state index in [0.717, 1.165) is 30.5 Å². The number of benzene rings is 1. The van der Waals surface area contributed by atoms with E-state index in [-0.39, 0.29) is 28.7 Å². The van der Waals surface area contributed by atoms with E-state index in [2.05, 4.69) is 4.90 Å². The number of rotatable bonds is 2. The summed E-state index contributed by atoms with van der Waals surface area (Å²) in [5.41, 5.74) is 1.99. The maximum atomic E-state index is 11.8. The van der Waals surface area contributed by atoms with Crippen LogP contribution in [0.5, 0.6) is 0 Å². The molecule has 6 heteroatoms. The van der Waals surface area contributed by atoms with E-state index in [4.69, 9.17) is 4.74 Å². The largest absolute Gasteiger partial charge is 0.467 e. The van der Waals surface area contributed by atoms with Crippen molar-refractivity contribution in [3.8, 4) is 0 Å². The predicted octanol–water partition coefficient (Wildman–Crippen LogP) is 1.66. The molecule has 0 aromatic heterocycles. The molecule has 6 nitrogen and oxygen atoms in total. The molecule has 0 N–H and O–H groups in total. The summed E-state index contributed by atoms with van der Waals surface area (Å²) < 4.78 is 4.83. The van der Waals surface area contributed by atoms with Gasteiger partial charge in [-0.25, -0.2) is 4.79 Å². The van der Waals surface area contributed by atoms with Gasteiger partial charge in [-0.15, -0.1) is 0 Å². The van der Waals surface area contributed by atoms with E-state index in [0.29, 0.717) is 0 Å². The van der Waals surface area contributed by atoms with Crippen LogP contribution >= 0.6 is 0 Å². The van der Waals surface area contributed by atoms with Crippen LogP contribution in [0.2, 0.25) is 0 Å². The molecule has 2 unspecified atom stereocenters. The first-order chi connectivity index (χ1) is 9.11. The van der Waals surface area contributed by atoms with Crippen LogP contribution in [0, 0.1) is 10.1 Å². The zero-order valence-corrected chi connectivity index (χ0v) is 10.5. The van der Waals surface area contributed by atoms with Crippen molar-refractivity contribution in [2.24, 2.45) is 0 Å². The Balaban J connectivity index is 1.97. The van der Waals surface area contributed by atoms with Gasteiger partial charge >= 0.3 is 5.97 Å². The Morgan fingerprint density at radius 1 is 1.47 bits per heavy atom. The Morgan fingerprint density at radius 3 is 2.95 bits per heavy atom. The van der Waals surface area contributed by atoms with E-state index in [1.165, 1.54) is 13.2 Å². The Labute approximate surface area is 110 Å². The lowest BCUT2D eigenvalue weighted by molar-refractivity contribution is -0.384. The number of fused-ring (bicyclic) bond motifs is 3. The van der Waals surface area contributed by atoms with Crippen molar-refractivity contribution in [3.63, 3.8) is 0 Å². The summed E-state index contributed by atoms with van der Waals surface area (Å²) in [5, 5.41) is 10.8. The summed E-state index contributed by atoms with van der Waals surface area (Å²) in [6.45, 7) is 0. The van der Waals surface area contributed by atoms with Crippen LogP contribution in [0.1, 0.15) is 18.4 Å². The maximum absolute atomic E-state index is 11.8. The molecule has 1 aromatic rings. The lowest BCUT2D eigenvalue weighted by Gasteiger charge is -2.25. The number of carbonyl (C=O) groups is 1. The number of nitrogens with zero attached hydrogens (tertiary/aromatic N) is 2. The quantitative estimate of drug-likeness (QED) is 0.460. The van der Waals surface area contributed by atoms with Crippen molar-refractivity contribution in [1.82, 2.24) is 0 Å². The zero-order chi connectivity index (χ0) is 13.6. The van der Waals surface area contributed by atoms with Crippen LogP contribution < -0.4 is 4.90 Å². The second-order valence-electron chi connectivity index (χ2n) is 4.95. The second-order valence-corrected chi connectivity index (χ2v) is 4.95. The van der Waals surface area contributed by atoms with Crippen LogP contribution in [-0.2, 0) is 16.0 Å². The molecular weight excluding hydrogens is 248 g/mol. The van der Waals surface area contributed by atoms with Crippen LogP contribution in [0.15, 0.2) is 18.2 Å². The Bertz CT molecular complexity index is 558. The highest BCUT2D eigenvalue weighted by atomic mass is 16.6. The molecule has 0 bridgehead atoms. The van der Waals surface area contributed by atoms with Crippen molar-refractivity contribution in [2.45, 2.75) is 31.3 Å². The summed E-state index contributed by atoms with van der Waals surface area (Å²) in [7, 11) is 1.39. The number of nitro groups is 1. The van der Waals surface area contributed by atoms with Crippen molar-refractivity contribution < 1.29 is 14.5 Å². The molecule has 3 rings (SSSR count). The Morgan fingerprint density at radius 2 is 2.26 bits per heavy atom. The minimum absolute atomic E-state index is 0.106. The summed E-state index contributed by atoms with van der Waals surface area (Å²) in [6, 6.07) is 4.86. The fourth-order valence-corrected chi connectivity index (χ4v) is 3.17. The molecule has 2 aliphatic rings. The van der Waals surface area contributed by atoms with E-state index >= 15 is 0 Å². The monoisotopic (exact) mass is 262 g/mol. The van der Waals surface area contributed by atoms with Gasteiger partial charge in [0.05, 0.1) is 12.0 Å². The third-order valence-corrected chi connectivity index (χ3v) is 3.98. The van der Waals surface area contributed by atoms with E-state index in [9.17, 15) is 14.9 Å². The van der Waals surface area contributed by atoms with Crippen molar-refractivity contribution in [1.29, 1.82) is 0 Å². The standard InChI is InChI=1S/C13H14N2O4/c1-19-13(16)12-5-2-9-6-8-7-10(15(17)18)3-4-11(8)14(9)12/h3-4,7,9,12H,2,5-6H2,1H3. The SMILES string of the molecule is COC(=O)C1CCC2Cc3cc([N+](=O)[O-])ccc3N21. The molecule has 1 aromatic carbocycles. The highest BCUT2D eigenvalue weighted by Crippen LogP contribution is 2.42. The van der Waals surface area contributed by atoms with Gasteiger partial charge < -0.3 is 9.64 Å². The first-order valence-electron chi connectivity index (χ1n) is 6.25. The van der Waals surface area contributed by atoms with Gasteiger partial charge in [0, 0.05) is 23.9 Å². The number of ether oxygens (including phenoxy) is 1. The molecule has 1 saturated heterocycles. The molecule has 19 heavy (non-hydrogen) atoms. The first kappa shape index (κ1) is 12.0. The second kappa shape index (κ2) is 4.22. The number of methoxy groups -OCH3 is 1. The van der Waals surface area contributed by atoms with Gasteiger partial charge in [-0.05, 0) is 30.9 Å². The third kappa shape index (κ3) is 1.75. The molecule has 0 aliphatic carbocycles. The van der Waals surface area contributed by atoms with Gasteiger partial charge in [-0.1, -0.05) is 0 Å². The minimum Gasteiger partial charge on any atom is -0.467 e. The van der Waals surface area contributed by atoms with Crippen molar-refractivity contribution in [2.75, 3.05) is 12.0 Å². The smallest absolute Gasteiger partial charge is 0.328 e. The topological polar surface area (TPSA) is 72.7 Å². The fraction of sp³-hybridized carbons (Fsp3) is 0.462. The Hall–Kier alpha value is -2.11. The van der Waals surface area contributed by atoms with Crippen molar-refractivity contribution in [3.05, 3.63) is 33.9 Å². The number of nitro benzene ring substituents is 1. The summed E-state index contributed by atoms with van der Waals surface area (Å²) >= 11 is 0. The number of hydrogen-bond donors (Lipinski definition) is 0. The molecule has 2 aliphatic heterocycles. The molecule has 0 spiro atoms. The average molecular weight is 262 g/mol. The number of carbonyl (C=O) groups excluding carboxylic acids is 1. The van der Waals surface area contributed by atoms with Gasteiger partial charge in [-0.2, -0.15) is 0 Å². The average Bonchev–Trinajstić information content (AvgIpc) is 2.95. The molecule has 0 radical (unpaired) electrons. The number of esters is 1. The Kier molecular flexibility index (Phi) is 2.66. The van der Waals surface area contributed by atoms with Gasteiger partial charge in [0.25, 0.3) is 5.69 Å². The normalized spacial score (nSPS) is 23.9. The lowest BCUT2D eigenvalue weighted by Crippen LogP contribution is -2.39. The van der Waals surface area contributed by atoms with Crippen LogP contribution in [0.4, 0.5) is 11.4 Å². The van der Waals surface area contributed by atoms with Gasteiger partial charge in [0.2, 0.25) is 0 Å². The van der Waals surface area contributed by atoms with Gasteiger partial charge in [0.15, 0.2) is 0 Å². The van der Waals surface area contributed by atoms with Crippen LogP contribution in [0.3, 0.4) is 0 Å². The van der Waals surface area contributed by atoms with Crippen molar-refractivity contribution >= 4 is 17.3 Å². The highest BCUT2D eigenvalue weighted by Gasteiger charge is 2.43. The molecule has 0 amide bonds. The molecule has 100 valence electrons. The van der Waals surface area contributed by atoms with E-state index < -0.39 is 0 Å². The molecule has 1 fully saturated rings. The molecular formula is C13H14N2O4. The summed E-state index contributed by atoms with van der Waals surface area (Å²) in [4.78, 5) is 24.2. The van der Waals surface area contributed by atoms with Crippen LogP contribution in [-0.4, -0.2) is 30.1 Å². The first-order valence-corrected chi connectivity index (χ1v) is 6.25. The minimum atomic E-state index is -0.387. The predicted molar refractivity (Wildman–Crippen MR) is 68.1 cm³/mol. The van der Waals surface area contributed by atoms with E-state index in [1.54, 1.807) is 12.1 Å². The fourth-order valence-electron chi connectivity index (χ4n) is 3.17. The third-order valence-electron chi connectivity index (χ3n) is 3.98. The van der Waals surface area contributed by atoms with Gasteiger partial charge in [-0.3, -0.25) is 10.1 Å². The maximum Gasteiger partial charge on any atom is 0.328 e. The van der Waals surface area contributed by atoms with Gasteiger partial charge in [0.1, 0.15) is 6.04 Å². The number of non-ortho nitro benzene ring substituents is 1. The highest BCUT2D eigenvalue weighted by molar-refractivity contribution is 5.83. The number of anilines is 1. The molecule has 2 heterocycles. The summed E-state index contributed by atoms with van der Waals surface area (Å²) in [5.74, 6) is -0.228.